The molecule has 0 aromatic heterocycles. The van der Waals surface area contributed by atoms with Gasteiger partial charge in [-0.25, -0.2) is 0 Å². The molecule has 2 atom stereocenters. The van der Waals surface area contributed by atoms with Gasteiger partial charge in [0.05, 0.1) is 5.25 Å². The van der Waals surface area contributed by atoms with Gasteiger partial charge in [0.15, 0.2) is 5.60 Å². The maximum Gasteiger partial charge on any atom is 0.421 e. The number of nitrogens with one attached hydrogen (secondary N) is 1. The number of halogens is 3. The maximum absolute atomic E-state index is 13.2. The number of carbonyl (C=O) groups is 1. The summed E-state index contributed by atoms with van der Waals surface area (Å²) in [6.45, 7) is -0.221. The minimum absolute atomic E-state index is 0.185. The summed E-state index contributed by atoms with van der Waals surface area (Å²) in [7, 11) is 0. The average molecular weight is 333 g/mol. The lowest BCUT2D eigenvalue weighted by atomic mass is 9.89. The van der Waals surface area contributed by atoms with Crippen LogP contribution in [0.1, 0.15) is 24.8 Å². The van der Waals surface area contributed by atoms with Crippen molar-refractivity contribution in [2.24, 2.45) is 0 Å². The number of benzene rings is 1. The average Bonchev–Trinajstić information content (AvgIpc) is 3.01. The molecule has 2 rings (SSSR count). The molecule has 0 radical (unpaired) electrons. The number of hydrogen-bond donors (Lipinski definition) is 2. The van der Waals surface area contributed by atoms with Crippen molar-refractivity contribution >= 4 is 17.7 Å². The molecule has 1 aliphatic heterocycles. The molecule has 22 heavy (non-hydrogen) atoms. The second-order valence-electron chi connectivity index (χ2n) is 5.27. The van der Waals surface area contributed by atoms with E-state index in [0.29, 0.717) is 0 Å². The van der Waals surface area contributed by atoms with Crippen LogP contribution < -0.4 is 5.32 Å². The van der Waals surface area contributed by atoms with Gasteiger partial charge in [-0.15, -0.1) is 11.8 Å². The van der Waals surface area contributed by atoms with Crippen molar-refractivity contribution in [3.8, 4) is 0 Å². The van der Waals surface area contributed by atoms with Crippen molar-refractivity contribution < 1.29 is 23.1 Å². The van der Waals surface area contributed by atoms with E-state index in [0.717, 1.165) is 18.6 Å². The first-order chi connectivity index (χ1) is 10.3. The van der Waals surface area contributed by atoms with E-state index < -0.39 is 18.2 Å². The summed E-state index contributed by atoms with van der Waals surface area (Å²) < 4.78 is 39.7. The van der Waals surface area contributed by atoms with Gasteiger partial charge in [0.1, 0.15) is 0 Å². The van der Waals surface area contributed by atoms with Crippen LogP contribution in [0.15, 0.2) is 30.3 Å². The third-order valence-electron chi connectivity index (χ3n) is 3.73. The fraction of sp³-hybridized carbons (Fsp3) is 0.533. The van der Waals surface area contributed by atoms with Gasteiger partial charge in [-0.3, -0.25) is 4.79 Å². The molecular formula is C15H18F3NO2S. The standard InChI is InChI=1S/C15H18F3NO2S/c16-15(17,18)14(21,11-5-2-1-3-6-11)8-9-19-13(20)12-7-4-10-22-12/h1-3,5-6,12,21H,4,7-10H2,(H,19,20)/t12-,14-/m0/s1. The zero-order chi connectivity index (χ0) is 16.2. The topological polar surface area (TPSA) is 49.3 Å². The molecule has 7 heteroatoms. The number of thioether (sulfide) groups is 1. The Balaban J connectivity index is 2.00. The van der Waals surface area contributed by atoms with E-state index in [9.17, 15) is 23.1 Å². The summed E-state index contributed by atoms with van der Waals surface area (Å²) >= 11 is 1.51. The Morgan fingerprint density at radius 1 is 1.32 bits per heavy atom. The molecule has 0 spiro atoms. The highest BCUT2D eigenvalue weighted by Gasteiger charge is 2.54. The molecule has 2 N–H and O–H groups in total. The molecule has 3 nitrogen and oxygen atoms in total. The predicted molar refractivity (Wildman–Crippen MR) is 79.5 cm³/mol. The fourth-order valence-corrected chi connectivity index (χ4v) is 3.61. The molecule has 1 aromatic rings. The first-order valence-corrected chi connectivity index (χ1v) is 8.13. The van der Waals surface area contributed by atoms with E-state index >= 15 is 0 Å². The first-order valence-electron chi connectivity index (χ1n) is 7.08. The minimum Gasteiger partial charge on any atom is -0.376 e. The minimum atomic E-state index is -4.80. The Labute approximate surface area is 131 Å². The molecule has 0 unspecified atom stereocenters. The van der Waals surface area contributed by atoms with Gasteiger partial charge in [-0.1, -0.05) is 30.3 Å². The van der Waals surface area contributed by atoms with Crippen LogP contribution in [0.3, 0.4) is 0 Å². The lowest BCUT2D eigenvalue weighted by molar-refractivity contribution is -0.268. The lowest BCUT2D eigenvalue weighted by Crippen LogP contribution is -2.45. The molecule has 1 amide bonds. The highest BCUT2D eigenvalue weighted by Crippen LogP contribution is 2.41. The van der Waals surface area contributed by atoms with Crippen LogP contribution in [0.5, 0.6) is 0 Å². The smallest absolute Gasteiger partial charge is 0.376 e. The molecule has 0 aliphatic carbocycles. The summed E-state index contributed by atoms with van der Waals surface area (Å²) in [5.41, 5.74) is -3.17. The number of amides is 1. The number of hydrogen-bond acceptors (Lipinski definition) is 3. The molecule has 0 bridgehead atoms. The van der Waals surface area contributed by atoms with Crippen molar-refractivity contribution in [2.45, 2.75) is 36.3 Å². The summed E-state index contributed by atoms with van der Waals surface area (Å²) in [6, 6.07) is 6.95. The maximum atomic E-state index is 13.2. The number of alkyl halides is 3. The highest BCUT2D eigenvalue weighted by atomic mass is 32.2. The van der Waals surface area contributed by atoms with E-state index in [-0.39, 0.29) is 23.3 Å². The highest BCUT2D eigenvalue weighted by molar-refractivity contribution is 8.00. The van der Waals surface area contributed by atoms with Crippen molar-refractivity contribution in [3.63, 3.8) is 0 Å². The molecular weight excluding hydrogens is 315 g/mol. The van der Waals surface area contributed by atoms with Gasteiger partial charge in [-0.2, -0.15) is 13.2 Å². The van der Waals surface area contributed by atoms with Gasteiger partial charge >= 0.3 is 6.18 Å². The lowest BCUT2D eigenvalue weighted by Gasteiger charge is -2.31. The van der Waals surface area contributed by atoms with Gasteiger partial charge < -0.3 is 10.4 Å². The van der Waals surface area contributed by atoms with Crippen LogP contribution in [0.25, 0.3) is 0 Å². The number of rotatable bonds is 5. The molecule has 0 saturated carbocycles. The summed E-state index contributed by atoms with van der Waals surface area (Å²) in [5.74, 6) is 0.647. The van der Waals surface area contributed by atoms with Crippen LogP contribution in [-0.2, 0) is 10.4 Å². The van der Waals surface area contributed by atoms with Crippen LogP contribution in [0.2, 0.25) is 0 Å². The second-order valence-corrected chi connectivity index (χ2v) is 6.58. The third-order valence-corrected chi connectivity index (χ3v) is 5.10. The number of aliphatic hydroxyl groups is 1. The Bertz CT molecular complexity index is 503. The summed E-state index contributed by atoms with van der Waals surface area (Å²) in [6.07, 6.45) is -3.72. The van der Waals surface area contributed by atoms with Crippen molar-refractivity contribution in [2.75, 3.05) is 12.3 Å². The molecule has 1 fully saturated rings. The van der Waals surface area contributed by atoms with Crippen LogP contribution in [-0.4, -0.2) is 34.7 Å². The van der Waals surface area contributed by atoms with E-state index in [4.69, 9.17) is 0 Å². The predicted octanol–water partition coefficient (Wildman–Crippen LogP) is 2.84. The Kier molecular flexibility index (Phi) is 5.39. The van der Waals surface area contributed by atoms with Crippen LogP contribution >= 0.6 is 11.8 Å². The third kappa shape index (κ3) is 3.76. The molecule has 1 aromatic carbocycles. The molecule has 1 saturated heterocycles. The van der Waals surface area contributed by atoms with E-state index in [2.05, 4.69) is 5.32 Å². The van der Waals surface area contributed by atoms with Gasteiger partial charge in [0.25, 0.3) is 0 Å². The SMILES string of the molecule is O=C(NCC[C@](O)(c1ccccc1)C(F)(F)F)[C@@H]1CCCS1. The van der Waals surface area contributed by atoms with E-state index in [1.807, 2.05) is 0 Å². The fourth-order valence-electron chi connectivity index (χ4n) is 2.43. The molecule has 122 valence electrons. The number of carbonyl (C=O) groups excluding carboxylic acids is 1. The van der Waals surface area contributed by atoms with Crippen LogP contribution in [0, 0.1) is 0 Å². The molecule has 1 heterocycles. The first kappa shape index (κ1) is 17.1. The summed E-state index contributed by atoms with van der Waals surface area (Å²) in [5, 5.41) is 12.4. The Hall–Kier alpha value is -1.21. The quantitative estimate of drug-likeness (QED) is 0.871. The van der Waals surface area contributed by atoms with Crippen molar-refractivity contribution in [1.29, 1.82) is 0 Å². The zero-order valence-electron chi connectivity index (χ0n) is 11.9. The second kappa shape index (κ2) is 6.91. The normalized spacial score (nSPS) is 21.4. The Morgan fingerprint density at radius 3 is 2.55 bits per heavy atom. The molecule has 1 aliphatic rings. The van der Waals surface area contributed by atoms with E-state index in [1.165, 1.54) is 36.0 Å². The summed E-state index contributed by atoms with van der Waals surface area (Å²) in [4.78, 5) is 11.8. The van der Waals surface area contributed by atoms with Gasteiger partial charge in [0, 0.05) is 13.0 Å². The van der Waals surface area contributed by atoms with Crippen molar-refractivity contribution in [3.05, 3.63) is 35.9 Å². The Morgan fingerprint density at radius 2 is 2.00 bits per heavy atom. The monoisotopic (exact) mass is 333 g/mol. The largest absolute Gasteiger partial charge is 0.421 e. The van der Waals surface area contributed by atoms with Crippen molar-refractivity contribution in [1.82, 2.24) is 5.32 Å². The van der Waals surface area contributed by atoms with E-state index in [1.54, 1.807) is 6.07 Å². The van der Waals surface area contributed by atoms with Gasteiger partial charge in [-0.05, 0) is 24.2 Å². The zero-order valence-corrected chi connectivity index (χ0v) is 12.7. The van der Waals surface area contributed by atoms with Crippen LogP contribution in [0.4, 0.5) is 13.2 Å². The van der Waals surface area contributed by atoms with Gasteiger partial charge in [0.2, 0.25) is 5.91 Å².